The molecule has 17 atom stereocenters. The Hall–Kier alpha value is -2.77. The number of aliphatic hydroxyl groups excluding tert-OH is 11. The Bertz CT molecular complexity index is 1830. The Morgan fingerprint density at radius 1 is 0.424 bits per heavy atom. The van der Waals surface area contributed by atoms with Crippen molar-refractivity contribution in [1.29, 1.82) is 0 Å². The van der Waals surface area contributed by atoms with Crippen molar-refractivity contribution in [3.63, 3.8) is 0 Å². The first-order valence-corrected chi connectivity index (χ1v) is 32.7. The van der Waals surface area contributed by atoms with Crippen LogP contribution in [0.4, 0.5) is 0 Å². The fourth-order valence-electron chi connectivity index (χ4n) is 10.6. The average molecular weight is 1210 g/mol. The number of rotatable bonds is 48. The molecule has 0 saturated carbocycles. The highest BCUT2D eigenvalue weighted by atomic mass is 16.8. The van der Waals surface area contributed by atoms with Crippen LogP contribution in [0.25, 0.3) is 0 Å². The van der Waals surface area contributed by atoms with Gasteiger partial charge in [-0.2, -0.15) is 0 Å². The first-order valence-electron chi connectivity index (χ1n) is 32.7. The standard InChI is InChI=1S/C66H115NO18/c1-3-5-7-9-11-13-15-17-19-21-22-23-24-25-26-28-30-32-34-36-38-40-42-44-54(72)67-49(50(71)43-41-39-37-35-33-31-29-27-20-18-16-14-12-10-8-6-4-2)48-80-64-60(78)57(75)62(52(46-69)82-64)85-66-61(79)58(76)63(53(47-70)83-66)84-65-59(77)56(74)55(73)51(45-68)81-65/h15,17,20-22,24-25,27,33,35,41,43,49-53,55-66,68-71,73-79H,3-14,16,18-19,23,26,28-32,34,36-40,42,44-48H2,1-2H3,(H,67,72)/b17-15-,22-21-,25-24-,27-20+,35-33+,43-41+. The van der Waals surface area contributed by atoms with Gasteiger partial charge in [0.2, 0.25) is 5.91 Å². The number of unbranched alkanes of at least 4 members (excludes halogenated alkanes) is 22. The summed E-state index contributed by atoms with van der Waals surface area (Å²) in [6, 6.07) is -1.00. The molecule has 3 aliphatic heterocycles. The highest BCUT2D eigenvalue weighted by Gasteiger charge is 2.53. The molecule has 3 rings (SSSR count). The van der Waals surface area contributed by atoms with Crippen molar-refractivity contribution in [1.82, 2.24) is 5.32 Å². The van der Waals surface area contributed by atoms with Gasteiger partial charge in [0.25, 0.3) is 0 Å². The monoisotopic (exact) mass is 1210 g/mol. The van der Waals surface area contributed by atoms with E-state index in [2.05, 4.69) is 79.9 Å². The predicted octanol–water partition coefficient (Wildman–Crippen LogP) is 7.38. The summed E-state index contributed by atoms with van der Waals surface area (Å²) in [5.41, 5.74) is 0. The second-order valence-electron chi connectivity index (χ2n) is 23.2. The molecule has 12 N–H and O–H groups in total. The molecule has 0 aromatic heterocycles. The molecule has 85 heavy (non-hydrogen) atoms. The number of allylic oxidation sites excluding steroid dienone is 11. The minimum absolute atomic E-state index is 0.220. The molecular weight excluding hydrogens is 1090 g/mol. The second kappa shape index (κ2) is 48.1. The zero-order chi connectivity index (χ0) is 61.9. The maximum absolute atomic E-state index is 13.4. The third kappa shape index (κ3) is 31.0. The maximum atomic E-state index is 13.4. The van der Waals surface area contributed by atoms with Gasteiger partial charge in [-0.25, -0.2) is 0 Å². The van der Waals surface area contributed by atoms with Crippen LogP contribution in [0.3, 0.4) is 0 Å². The molecule has 3 heterocycles. The summed E-state index contributed by atoms with van der Waals surface area (Å²) in [5.74, 6) is -0.300. The van der Waals surface area contributed by atoms with E-state index in [4.69, 9.17) is 28.4 Å². The molecule has 0 aromatic carbocycles. The molecule has 3 aliphatic rings. The number of hydrogen-bond donors (Lipinski definition) is 12. The van der Waals surface area contributed by atoms with Gasteiger partial charge in [-0.1, -0.05) is 189 Å². The summed E-state index contributed by atoms with van der Waals surface area (Å²) < 4.78 is 34.3. The van der Waals surface area contributed by atoms with Gasteiger partial charge >= 0.3 is 0 Å². The first kappa shape index (κ1) is 76.5. The van der Waals surface area contributed by atoms with E-state index in [0.29, 0.717) is 12.8 Å². The summed E-state index contributed by atoms with van der Waals surface area (Å²) >= 11 is 0. The fourth-order valence-corrected chi connectivity index (χ4v) is 10.6. The summed E-state index contributed by atoms with van der Waals surface area (Å²) in [7, 11) is 0. The van der Waals surface area contributed by atoms with Crippen LogP contribution in [0.15, 0.2) is 72.9 Å². The van der Waals surface area contributed by atoms with Crippen LogP contribution in [-0.2, 0) is 33.2 Å². The van der Waals surface area contributed by atoms with E-state index in [1.807, 2.05) is 6.08 Å². The molecule has 492 valence electrons. The van der Waals surface area contributed by atoms with Crippen molar-refractivity contribution in [2.45, 2.75) is 311 Å². The number of carbonyl (C=O) groups is 1. The number of amides is 1. The van der Waals surface area contributed by atoms with Gasteiger partial charge in [-0.05, 0) is 83.5 Å². The van der Waals surface area contributed by atoms with Gasteiger partial charge in [0.1, 0.15) is 73.2 Å². The van der Waals surface area contributed by atoms with Gasteiger partial charge in [-0.15, -0.1) is 0 Å². The number of ether oxygens (including phenoxy) is 6. The third-order valence-corrected chi connectivity index (χ3v) is 16.0. The van der Waals surface area contributed by atoms with Gasteiger partial charge in [0, 0.05) is 6.42 Å². The van der Waals surface area contributed by atoms with Crippen LogP contribution >= 0.6 is 0 Å². The smallest absolute Gasteiger partial charge is 0.220 e. The second-order valence-corrected chi connectivity index (χ2v) is 23.2. The Morgan fingerprint density at radius 3 is 1.26 bits per heavy atom. The van der Waals surface area contributed by atoms with E-state index in [0.717, 1.165) is 70.6 Å². The zero-order valence-electron chi connectivity index (χ0n) is 51.6. The molecule has 3 saturated heterocycles. The summed E-state index contributed by atoms with van der Waals surface area (Å²) in [6.07, 6.45) is 31.6. The maximum Gasteiger partial charge on any atom is 0.220 e. The van der Waals surface area contributed by atoms with Crippen molar-refractivity contribution in [2.24, 2.45) is 0 Å². The normalized spacial score (nSPS) is 29.4. The van der Waals surface area contributed by atoms with Gasteiger partial charge in [0.15, 0.2) is 18.9 Å². The molecule has 0 spiro atoms. The summed E-state index contributed by atoms with van der Waals surface area (Å²) in [5, 5.41) is 120. The lowest BCUT2D eigenvalue weighted by Gasteiger charge is -2.48. The molecule has 0 bridgehead atoms. The largest absolute Gasteiger partial charge is 0.394 e. The van der Waals surface area contributed by atoms with Gasteiger partial charge in [-0.3, -0.25) is 4.79 Å². The van der Waals surface area contributed by atoms with Crippen LogP contribution < -0.4 is 5.32 Å². The number of nitrogens with one attached hydrogen (secondary N) is 1. The number of hydrogen-bond acceptors (Lipinski definition) is 18. The molecule has 3 fully saturated rings. The van der Waals surface area contributed by atoms with E-state index in [-0.39, 0.29) is 18.9 Å². The van der Waals surface area contributed by atoms with Crippen molar-refractivity contribution >= 4 is 5.91 Å². The van der Waals surface area contributed by atoms with Gasteiger partial charge < -0.3 is 89.9 Å². The SMILES string of the molecule is CCCCCCC/C=C\C/C=C\C/C=C\CCCCCCCCCCC(=O)NC(COC1OC(CO)C(OC2OC(CO)C(OC3OC(CO)C(O)C(O)C3O)C(O)C2O)C(O)C1O)C(O)/C=C/CC/C=C/CC/C=C/CCCCCCCCC. The van der Waals surface area contributed by atoms with E-state index in [1.165, 1.54) is 103 Å². The van der Waals surface area contributed by atoms with E-state index < -0.39 is 124 Å². The highest BCUT2D eigenvalue weighted by Crippen LogP contribution is 2.33. The minimum Gasteiger partial charge on any atom is -0.394 e. The van der Waals surface area contributed by atoms with Crippen molar-refractivity contribution in [3.05, 3.63) is 72.9 Å². The Kier molecular flexibility index (Phi) is 43.3. The lowest BCUT2D eigenvalue weighted by atomic mass is 9.96. The van der Waals surface area contributed by atoms with E-state index in [1.54, 1.807) is 6.08 Å². The lowest BCUT2D eigenvalue weighted by molar-refractivity contribution is -0.379. The van der Waals surface area contributed by atoms with E-state index >= 15 is 0 Å². The van der Waals surface area contributed by atoms with Crippen LogP contribution in [0, 0.1) is 0 Å². The third-order valence-electron chi connectivity index (χ3n) is 16.0. The highest BCUT2D eigenvalue weighted by molar-refractivity contribution is 5.76. The van der Waals surface area contributed by atoms with Crippen LogP contribution in [-0.4, -0.2) is 193 Å². The summed E-state index contributed by atoms with van der Waals surface area (Å²) in [6.45, 7) is 1.67. The van der Waals surface area contributed by atoms with Crippen LogP contribution in [0.1, 0.15) is 206 Å². The quantitative estimate of drug-likeness (QED) is 0.0209. The lowest BCUT2D eigenvalue weighted by Crippen LogP contribution is -2.66. The molecule has 0 aliphatic carbocycles. The van der Waals surface area contributed by atoms with E-state index in [9.17, 15) is 61.0 Å². The van der Waals surface area contributed by atoms with Crippen LogP contribution in [0.2, 0.25) is 0 Å². The zero-order valence-corrected chi connectivity index (χ0v) is 51.6. The molecule has 1 amide bonds. The van der Waals surface area contributed by atoms with Crippen LogP contribution in [0.5, 0.6) is 0 Å². The molecule has 0 aromatic rings. The number of aliphatic hydroxyl groups is 11. The topological polar surface area (TPSA) is 307 Å². The molecule has 0 radical (unpaired) electrons. The molecule has 19 nitrogen and oxygen atoms in total. The van der Waals surface area contributed by atoms with Crippen molar-refractivity contribution in [3.8, 4) is 0 Å². The first-order chi connectivity index (χ1) is 41.3. The van der Waals surface area contributed by atoms with Crippen molar-refractivity contribution in [2.75, 3.05) is 26.4 Å². The molecular formula is C66H115NO18. The predicted molar refractivity (Wildman–Crippen MR) is 328 cm³/mol. The van der Waals surface area contributed by atoms with Gasteiger partial charge in [0.05, 0.1) is 38.6 Å². The van der Waals surface area contributed by atoms with Crippen molar-refractivity contribution < 1.29 is 89.4 Å². The Balaban J connectivity index is 1.49. The average Bonchev–Trinajstić information content (AvgIpc) is 3.64. The fraction of sp³-hybridized carbons (Fsp3) is 0.803. The number of carbonyl (C=O) groups excluding carboxylic acids is 1. The Labute approximate surface area is 508 Å². The Morgan fingerprint density at radius 2 is 0.788 bits per heavy atom. The molecule has 19 heteroatoms. The minimum atomic E-state index is -1.99. The summed E-state index contributed by atoms with van der Waals surface area (Å²) in [4.78, 5) is 13.4. The molecule has 17 unspecified atom stereocenters.